The first-order valence-electron chi connectivity index (χ1n) is 6.92. The van der Waals surface area contributed by atoms with E-state index >= 15 is 0 Å². The molecule has 0 spiro atoms. The zero-order chi connectivity index (χ0) is 15.5. The number of halogens is 1. The highest BCUT2D eigenvalue weighted by molar-refractivity contribution is 5.79. The van der Waals surface area contributed by atoms with E-state index in [4.69, 9.17) is 10.00 Å². The molecule has 0 fully saturated rings. The predicted octanol–water partition coefficient (Wildman–Crippen LogP) is 1.79. The van der Waals surface area contributed by atoms with E-state index in [1.165, 1.54) is 18.2 Å². The molecule has 0 saturated carbocycles. The number of benzene rings is 1. The molecule has 21 heavy (non-hydrogen) atoms. The molecule has 0 heterocycles. The van der Waals surface area contributed by atoms with Gasteiger partial charge in [-0.3, -0.25) is 4.99 Å². The third-order valence-corrected chi connectivity index (χ3v) is 2.81. The van der Waals surface area contributed by atoms with Crippen molar-refractivity contribution >= 4 is 5.96 Å². The van der Waals surface area contributed by atoms with Gasteiger partial charge in [0, 0.05) is 38.9 Å². The van der Waals surface area contributed by atoms with Crippen molar-refractivity contribution in [3.05, 3.63) is 35.1 Å². The van der Waals surface area contributed by atoms with Crippen LogP contribution in [-0.4, -0.2) is 32.8 Å². The van der Waals surface area contributed by atoms with Crippen molar-refractivity contribution < 1.29 is 9.13 Å². The van der Waals surface area contributed by atoms with Crippen LogP contribution in [0.2, 0.25) is 0 Å². The first-order chi connectivity index (χ1) is 10.2. The van der Waals surface area contributed by atoms with E-state index in [1.54, 1.807) is 7.05 Å². The Morgan fingerprint density at radius 3 is 2.90 bits per heavy atom. The Kier molecular flexibility index (Phi) is 7.84. The number of nitrogens with one attached hydrogen (secondary N) is 2. The Bertz CT molecular complexity index is 511. The molecule has 114 valence electrons. The molecule has 0 aromatic heterocycles. The van der Waals surface area contributed by atoms with E-state index in [-0.39, 0.29) is 12.4 Å². The molecule has 1 aromatic carbocycles. The molecule has 0 aliphatic rings. The SMILES string of the molecule is CCOCCCNC(=NC)NCc1cc(C#N)ccc1F. The number of guanidine groups is 1. The zero-order valence-electron chi connectivity index (χ0n) is 12.4. The van der Waals surface area contributed by atoms with Gasteiger partial charge in [-0.25, -0.2) is 4.39 Å². The summed E-state index contributed by atoms with van der Waals surface area (Å²) in [6.07, 6.45) is 0.868. The van der Waals surface area contributed by atoms with Gasteiger partial charge in [0.2, 0.25) is 0 Å². The van der Waals surface area contributed by atoms with Gasteiger partial charge in [-0.1, -0.05) is 0 Å². The van der Waals surface area contributed by atoms with Crippen LogP contribution in [0.4, 0.5) is 4.39 Å². The molecule has 0 unspecified atom stereocenters. The Hall–Kier alpha value is -2.13. The molecule has 0 aliphatic heterocycles. The van der Waals surface area contributed by atoms with Crippen LogP contribution in [0.5, 0.6) is 0 Å². The maximum Gasteiger partial charge on any atom is 0.191 e. The smallest absolute Gasteiger partial charge is 0.191 e. The summed E-state index contributed by atoms with van der Waals surface area (Å²) in [5, 5.41) is 15.0. The third-order valence-electron chi connectivity index (χ3n) is 2.81. The van der Waals surface area contributed by atoms with E-state index < -0.39 is 0 Å². The minimum Gasteiger partial charge on any atom is -0.382 e. The van der Waals surface area contributed by atoms with Gasteiger partial charge in [0.25, 0.3) is 0 Å². The van der Waals surface area contributed by atoms with Crippen molar-refractivity contribution in [3.8, 4) is 6.07 Å². The normalized spacial score (nSPS) is 11.0. The van der Waals surface area contributed by atoms with E-state index in [9.17, 15) is 4.39 Å². The average Bonchev–Trinajstić information content (AvgIpc) is 2.51. The Morgan fingerprint density at radius 2 is 2.24 bits per heavy atom. The highest BCUT2D eigenvalue weighted by Crippen LogP contribution is 2.09. The fourth-order valence-electron chi connectivity index (χ4n) is 1.70. The highest BCUT2D eigenvalue weighted by Gasteiger charge is 2.05. The van der Waals surface area contributed by atoms with Crippen LogP contribution in [0.15, 0.2) is 23.2 Å². The lowest BCUT2D eigenvalue weighted by molar-refractivity contribution is 0.145. The van der Waals surface area contributed by atoms with Crippen LogP contribution in [0.1, 0.15) is 24.5 Å². The number of ether oxygens (including phenoxy) is 1. The fraction of sp³-hybridized carbons (Fsp3) is 0.467. The molecule has 5 nitrogen and oxygen atoms in total. The third kappa shape index (κ3) is 6.23. The number of nitriles is 1. The molecule has 2 N–H and O–H groups in total. The summed E-state index contributed by atoms with van der Waals surface area (Å²) < 4.78 is 18.9. The largest absolute Gasteiger partial charge is 0.382 e. The molecule has 0 bridgehead atoms. The van der Waals surface area contributed by atoms with Gasteiger partial charge in [0.15, 0.2) is 5.96 Å². The molecule has 0 atom stereocenters. The summed E-state index contributed by atoms with van der Waals surface area (Å²) in [5.41, 5.74) is 0.874. The van der Waals surface area contributed by atoms with Crippen LogP contribution >= 0.6 is 0 Å². The van der Waals surface area contributed by atoms with Gasteiger partial charge in [-0.2, -0.15) is 5.26 Å². The predicted molar refractivity (Wildman–Crippen MR) is 80.4 cm³/mol. The number of hydrogen-bond acceptors (Lipinski definition) is 3. The monoisotopic (exact) mass is 292 g/mol. The average molecular weight is 292 g/mol. The summed E-state index contributed by atoms with van der Waals surface area (Å²) in [6.45, 7) is 4.35. The number of rotatable bonds is 7. The van der Waals surface area contributed by atoms with Crippen LogP contribution in [0.3, 0.4) is 0 Å². The number of nitrogens with zero attached hydrogens (tertiary/aromatic N) is 2. The lowest BCUT2D eigenvalue weighted by atomic mass is 10.1. The van der Waals surface area contributed by atoms with Crippen molar-refractivity contribution in [1.29, 1.82) is 5.26 Å². The van der Waals surface area contributed by atoms with Gasteiger partial charge >= 0.3 is 0 Å². The van der Waals surface area contributed by atoms with E-state index in [0.29, 0.717) is 30.3 Å². The second kappa shape index (κ2) is 9.72. The standard InChI is InChI=1S/C15H21FN4O/c1-3-21-8-4-7-19-15(18-2)20-11-13-9-12(10-17)5-6-14(13)16/h5-6,9H,3-4,7-8,11H2,1-2H3,(H2,18,19,20). The lowest BCUT2D eigenvalue weighted by Crippen LogP contribution is -2.37. The maximum absolute atomic E-state index is 13.6. The molecular formula is C15H21FN4O. The zero-order valence-corrected chi connectivity index (χ0v) is 12.4. The van der Waals surface area contributed by atoms with Gasteiger partial charge in [-0.15, -0.1) is 0 Å². The van der Waals surface area contributed by atoms with E-state index in [1.807, 2.05) is 13.0 Å². The summed E-state index contributed by atoms with van der Waals surface area (Å²) in [5.74, 6) is 0.251. The summed E-state index contributed by atoms with van der Waals surface area (Å²) in [4.78, 5) is 4.06. The molecule has 6 heteroatoms. The van der Waals surface area contributed by atoms with Crippen molar-refractivity contribution in [3.63, 3.8) is 0 Å². The summed E-state index contributed by atoms with van der Waals surface area (Å²) in [6, 6.07) is 6.29. The van der Waals surface area contributed by atoms with Crippen LogP contribution in [-0.2, 0) is 11.3 Å². The number of hydrogen-bond donors (Lipinski definition) is 2. The van der Waals surface area contributed by atoms with Crippen LogP contribution in [0.25, 0.3) is 0 Å². The maximum atomic E-state index is 13.6. The molecule has 0 saturated heterocycles. The summed E-state index contributed by atoms with van der Waals surface area (Å²) >= 11 is 0. The second-order valence-corrected chi connectivity index (χ2v) is 4.32. The Morgan fingerprint density at radius 1 is 1.43 bits per heavy atom. The van der Waals surface area contributed by atoms with Crippen LogP contribution in [0, 0.1) is 17.1 Å². The minimum atomic E-state index is -0.340. The molecule has 0 radical (unpaired) electrons. The highest BCUT2D eigenvalue weighted by atomic mass is 19.1. The van der Waals surface area contributed by atoms with Crippen molar-refractivity contribution in [2.75, 3.05) is 26.8 Å². The van der Waals surface area contributed by atoms with Crippen LogP contribution < -0.4 is 10.6 Å². The summed E-state index contributed by atoms with van der Waals surface area (Å²) in [7, 11) is 1.65. The minimum absolute atomic E-state index is 0.270. The quantitative estimate of drug-likeness (QED) is 0.457. The molecule has 0 aliphatic carbocycles. The number of aliphatic imine (C=N–C) groups is 1. The van der Waals surface area contributed by atoms with Gasteiger partial charge in [0.1, 0.15) is 5.82 Å². The lowest BCUT2D eigenvalue weighted by Gasteiger charge is -2.12. The van der Waals surface area contributed by atoms with Gasteiger partial charge < -0.3 is 15.4 Å². The van der Waals surface area contributed by atoms with Crippen molar-refractivity contribution in [1.82, 2.24) is 10.6 Å². The van der Waals surface area contributed by atoms with Gasteiger partial charge in [0.05, 0.1) is 11.6 Å². The first kappa shape index (κ1) is 16.9. The fourth-order valence-corrected chi connectivity index (χ4v) is 1.70. The Labute approximate surface area is 124 Å². The topological polar surface area (TPSA) is 69.4 Å². The Balaban J connectivity index is 2.43. The first-order valence-corrected chi connectivity index (χ1v) is 6.92. The van der Waals surface area contributed by atoms with Gasteiger partial charge in [-0.05, 0) is 31.5 Å². The second-order valence-electron chi connectivity index (χ2n) is 4.32. The van der Waals surface area contributed by atoms with E-state index in [0.717, 1.165) is 13.0 Å². The molecule has 1 rings (SSSR count). The van der Waals surface area contributed by atoms with Crippen molar-refractivity contribution in [2.45, 2.75) is 19.9 Å². The van der Waals surface area contributed by atoms with Crippen molar-refractivity contribution in [2.24, 2.45) is 4.99 Å². The molecule has 0 amide bonds. The molecular weight excluding hydrogens is 271 g/mol. The molecule has 1 aromatic rings. The van der Waals surface area contributed by atoms with E-state index in [2.05, 4.69) is 15.6 Å².